The maximum atomic E-state index is 10.8. The van der Waals surface area contributed by atoms with Crippen LogP contribution in [0.3, 0.4) is 0 Å². The molecule has 6 heteroatoms. The highest BCUT2D eigenvalue weighted by Gasteiger charge is 2.53. The summed E-state index contributed by atoms with van der Waals surface area (Å²) in [5.74, 6) is 2.24. The number of benzene rings is 2. The van der Waals surface area contributed by atoms with Crippen LogP contribution < -0.4 is 0 Å². The van der Waals surface area contributed by atoms with Gasteiger partial charge < -0.3 is 9.94 Å². The Labute approximate surface area is 182 Å². The van der Waals surface area contributed by atoms with Gasteiger partial charge in [-0.15, -0.1) is 0 Å². The minimum Gasteiger partial charge on any atom is -0.508 e. The standard InChI is InChI=1S/C25H28N2O4/c1-25-13-12-21-20-9-7-19(28)14-17(20)4-8-22(21)23(25)10-11-24(25)26-31-15-16-2-5-18(6-3-16)27(29)30/h2-3,5-7,9,14,21-23,28H,4,8,10-13,15H2,1H3/b26-24-/t21-,22-,23+,25+/m1/s1. The molecule has 162 valence electrons. The van der Waals surface area contributed by atoms with E-state index in [1.165, 1.54) is 35.4 Å². The average molecular weight is 421 g/mol. The van der Waals surface area contributed by atoms with E-state index < -0.39 is 4.92 Å². The number of non-ortho nitro benzene ring substituents is 1. The fourth-order valence-electron chi connectivity index (χ4n) is 6.41. The zero-order valence-electron chi connectivity index (χ0n) is 17.8. The topological polar surface area (TPSA) is 85.0 Å². The zero-order chi connectivity index (χ0) is 21.6. The lowest BCUT2D eigenvalue weighted by Gasteiger charge is -2.49. The lowest BCUT2D eigenvalue weighted by Crippen LogP contribution is -2.42. The third-order valence-corrected chi connectivity index (χ3v) is 8.00. The van der Waals surface area contributed by atoms with Crippen molar-refractivity contribution >= 4 is 11.4 Å². The molecule has 0 bridgehead atoms. The molecule has 0 aliphatic heterocycles. The Bertz CT molecular complexity index is 1030. The number of hydrogen-bond donors (Lipinski definition) is 1. The number of phenols is 1. The van der Waals surface area contributed by atoms with Gasteiger partial charge in [-0.2, -0.15) is 0 Å². The Morgan fingerprint density at radius 3 is 2.74 bits per heavy atom. The van der Waals surface area contributed by atoms with Gasteiger partial charge in [0.1, 0.15) is 12.4 Å². The molecule has 3 aliphatic rings. The Morgan fingerprint density at radius 2 is 1.97 bits per heavy atom. The largest absolute Gasteiger partial charge is 0.508 e. The summed E-state index contributed by atoms with van der Waals surface area (Å²) < 4.78 is 0. The van der Waals surface area contributed by atoms with Crippen LogP contribution in [-0.4, -0.2) is 15.7 Å². The van der Waals surface area contributed by atoms with Gasteiger partial charge in [0.05, 0.1) is 10.6 Å². The summed E-state index contributed by atoms with van der Waals surface area (Å²) in [6.45, 7) is 2.69. The molecule has 4 atom stereocenters. The van der Waals surface area contributed by atoms with E-state index in [0.29, 0.717) is 30.1 Å². The van der Waals surface area contributed by atoms with Gasteiger partial charge in [0.2, 0.25) is 0 Å². The van der Waals surface area contributed by atoms with E-state index in [1.54, 1.807) is 12.1 Å². The Kier molecular flexibility index (Phi) is 4.95. The van der Waals surface area contributed by atoms with Crippen LogP contribution >= 0.6 is 0 Å². The molecule has 2 fully saturated rings. The van der Waals surface area contributed by atoms with Crippen molar-refractivity contribution in [3.05, 3.63) is 69.3 Å². The van der Waals surface area contributed by atoms with Gasteiger partial charge in [-0.05, 0) is 97.2 Å². The molecule has 2 aromatic rings. The van der Waals surface area contributed by atoms with E-state index in [2.05, 4.69) is 18.1 Å². The van der Waals surface area contributed by atoms with Crippen molar-refractivity contribution in [2.24, 2.45) is 22.4 Å². The smallest absolute Gasteiger partial charge is 0.269 e. The molecular formula is C25H28N2O4. The Morgan fingerprint density at radius 1 is 1.16 bits per heavy atom. The maximum Gasteiger partial charge on any atom is 0.269 e. The van der Waals surface area contributed by atoms with Gasteiger partial charge in [0.25, 0.3) is 5.69 Å². The molecule has 0 spiro atoms. The van der Waals surface area contributed by atoms with Gasteiger partial charge in [0, 0.05) is 17.5 Å². The molecule has 0 radical (unpaired) electrons. The molecule has 0 aromatic heterocycles. The van der Waals surface area contributed by atoms with Crippen molar-refractivity contribution in [2.75, 3.05) is 0 Å². The molecular weight excluding hydrogens is 392 g/mol. The van der Waals surface area contributed by atoms with Crippen LogP contribution in [0.5, 0.6) is 5.75 Å². The molecule has 2 aromatic carbocycles. The van der Waals surface area contributed by atoms with Gasteiger partial charge in [-0.3, -0.25) is 10.1 Å². The molecule has 31 heavy (non-hydrogen) atoms. The predicted molar refractivity (Wildman–Crippen MR) is 118 cm³/mol. The van der Waals surface area contributed by atoms with E-state index in [9.17, 15) is 15.2 Å². The van der Waals surface area contributed by atoms with Crippen LogP contribution in [0.15, 0.2) is 47.6 Å². The molecule has 5 rings (SSSR count). The zero-order valence-corrected chi connectivity index (χ0v) is 17.8. The Balaban J connectivity index is 1.29. The monoisotopic (exact) mass is 420 g/mol. The predicted octanol–water partition coefficient (Wildman–Crippen LogP) is 5.73. The van der Waals surface area contributed by atoms with Crippen molar-refractivity contribution in [1.82, 2.24) is 0 Å². The lowest BCUT2D eigenvalue weighted by atomic mass is 9.55. The van der Waals surface area contributed by atoms with Crippen LogP contribution in [0.2, 0.25) is 0 Å². The van der Waals surface area contributed by atoms with Crippen molar-refractivity contribution in [2.45, 2.75) is 58.0 Å². The third-order valence-electron chi connectivity index (χ3n) is 8.00. The van der Waals surface area contributed by atoms with E-state index in [4.69, 9.17) is 4.84 Å². The summed E-state index contributed by atoms with van der Waals surface area (Å²) in [7, 11) is 0. The lowest BCUT2D eigenvalue weighted by molar-refractivity contribution is -0.384. The van der Waals surface area contributed by atoms with Crippen LogP contribution in [0.4, 0.5) is 5.69 Å². The second-order valence-electron chi connectivity index (χ2n) is 9.53. The minimum atomic E-state index is -0.396. The fourth-order valence-corrected chi connectivity index (χ4v) is 6.41. The van der Waals surface area contributed by atoms with Crippen LogP contribution in [0.25, 0.3) is 0 Å². The molecule has 1 N–H and O–H groups in total. The quantitative estimate of drug-likeness (QED) is 0.506. The number of oxime groups is 1. The number of aromatic hydroxyl groups is 1. The molecule has 0 unspecified atom stereocenters. The van der Waals surface area contributed by atoms with Gasteiger partial charge in [0.15, 0.2) is 0 Å². The van der Waals surface area contributed by atoms with Crippen molar-refractivity contribution in [3.63, 3.8) is 0 Å². The first kappa shape index (κ1) is 20.0. The summed E-state index contributed by atoms with van der Waals surface area (Å²) in [6.07, 6.45) is 6.62. The summed E-state index contributed by atoms with van der Waals surface area (Å²) in [5.41, 5.74) is 4.99. The SMILES string of the molecule is C[C@]12CC[C@@H]3c4ccc(O)cc4CC[C@H]3[C@@H]1CC/C2=N/OCc1ccc([N+](=O)[O-])cc1. The summed E-state index contributed by atoms with van der Waals surface area (Å²) in [6, 6.07) is 12.4. The van der Waals surface area contributed by atoms with E-state index in [-0.39, 0.29) is 11.1 Å². The van der Waals surface area contributed by atoms with Crippen LogP contribution in [0.1, 0.15) is 61.6 Å². The van der Waals surface area contributed by atoms with E-state index in [1.807, 2.05) is 12.1 Å². The molecule has 3 aliphatic carbocycles. The van der Waals surface area contributed by atoms with E-state index in [0.717, 1.165) is 37.7 Å². The number of rotatable bonds is 4. The normalized spacial score (nSPS) is 30.4. The Hall–Kier alpha value is -2.89. The second kappa shape index (κ2) is 7.66. The molecule has 0 amide bonds. The van der Waals surface area contributed by atoms with Crippen LogP contribution in [0, 0.1) is 27.4 Å². The molecule has 2 saturated carbocycles. The number of fused-ring (bicyclic) bond motifs is 5. The number of nitro benzene ring substituents is 1. The number of hydrogen-bond acceptors (Lipinski definition) is 5. The first-order valence-electron chi connectivity index (χ1n) is 11.2. The number of phenolic OH excluding ortho intramolecular Hbond substituents is 1. The summed E-state index contributed by atoms with van der Waals surface area (Å²) >= 11 is 0. The molecule has 6 nitrogen and oxygen atoms in total. The maximum absolute atomic E-state index is 10.8. The molecule has 0 heterocycles. The summed E-state index contributed by atoms with van der Waals surface area (Å²) in [5, 5.41) is 25.2. The number of nitro groups is 1. The fraction of sp³-hybridized carbons (Fsp3) is 0.480. The number of aryl methyl sites for hydroxylation is 1. The van der Waals surface area contributed by atoms with Gasteiger partial charge in [-0.1, -0.05) is 18.1 Å². The number of nitrogens with zero attached hydrogens (tertiary/aromatic N) is 2. The highest BCUT2D eigenvalue weighted by Crippen LogP contribution is 2.60. The molecule has 0 saturated heterocycles. The van der Waals surface area contributed by atoms with Crippen LogP contribution in [-0.2, 0) is 17.9 Å². The second-order valence-corrected chi connectivity index (χ2v) is 9.53. The highest BCUT2D eigenvalue weighted by molar-refractivity contribution is 5.92. The first-order valence-corrected chi connectivity index (χ1v) is 11.2. The van der Waals surface area contributed by atoms with Crippen molar-refractivity contribution < 1.29 is 14.9 Å². The minimum absolute atomic E-state index is 0.0854. The van der Waals surface area contributed by atoms with Crippen molar-refractivity contribution in [3.8, 4) is 5.75 Å². The van der Waals surface area contributed by atoms with Crippen molar-refractivity contribution in [1.29, 1.82) is 0 Å². The van der Waals surface area contributed by atoms with E-state index >= 15 is 0 Å². The average Bonchev–Trinajstić information content (AvgIpc) is 3.10. The van der Waals surface area contributed by atoms with Gasteiger partial charge >= 0.3 is 0 Å². The highest BCUT2D eigenvalue weighted by atomic mass is 16.6. The third kappa shape index (κ3) is 3.48. The first-order chi connectivity index (χ1) is 15.0. The van der Waals surface area contributed by atoms with Gasteiger partial charge in [-0.25, -0.2) is 0 Å². The summed E-state index contributed by atoms with van der Waals surface area (Å²) in [4.78, 5) is 16.1.